The quantitative estimate of drug-likeness (QED) is 0.351. The van der Waals surface area contributed by atoms with Crippen molar-refractivity contribution in [3.05, 3.63) is 0 Å². The molecule has 0 heterocycles. The lowest BCUT2D eigenvalue weighted by molar-refractivity contribution is -0.140. The number of thioether (sulfide) groups is 1. The van der Waals surface area contributed by atoms with Crippen LogP contribution in [-0.2, 0) is 14.4 Å². The molecule has 2 amide bonds. The molecule has 1 unspecified atom stereocenters. The fraction of sp³-hybridized carbons (Fsp3) is 0.571. The predicted octanol–water partition coefficient (Wildman–Crippen LogP) is -1.21. The van der Waals surface area contributed by atoms with Crippen molar-refractivity contribution in [2.45, 2.75) is 12.5 Å². The van der Waals surface area contributed by atoms with Crippen molar-refractivity contribution in [3.63, 3.8) is 0 Å². The van der Waals surface area contributed by atoms with Gasteiger partial charge in [0.15, 0.2) is 0 Å². The van der Waals surface area contributed by atoms with Gasteiger partial charge in [0.05, 0.1) is 5.75 Å². The van der Waals surface area contributed by atoms with E-state index in [0.29, 0.717) is 12.2 Å². The Morgan fingerprint density at radius 3 is 2.64 bits per heavy atom. The van der Waals surface area contributed by atoms with Crippen molar-refractivity contribution >= 4 is 30.0 Å². The van der Waals surface area contributed by atoms with Crippen LogP contribution in [0.25, 0.3) is 0 Å². The van der Waals surface area contributed by atoms with Gasteiger partial charge in [-0.2, -0.15) is 11.8 Å². The van der Waals surface area contributed by atoms with E-state index < -0.39 is 17.9 Å². The highest BCUT2D eigenvalue weighted by Crippen LogP contribution is 2.04. The molecule has 0 saturated heterocycles. The van der Waals surface area contributed by atoms with E-state index in [4.69, 9.17) is 10.8 Å². The molecule has 7 heteroatoms. The van der Waals surface area contributed by atoms with Crippen molar-refractivity contribution < 1.29 is 19.5 Å². The Morgan fingerprint density at radius 1 is 1.57 bits per heavy atom. The number of carboxylic acids is 1. The van der Waals surface area contributed by atoms with Gasteiger partial charge in [0, 0.05) is 0 Å². The standard InChI is InChI=1S/C7H12N2O4S/c8-6(11)3-14-2-1-5(7(12)13)9-4-10/h4-5H,1-3H2,(H2,8,11)(H,9,10)(H,12,13). The number of nitrogens with two attached hydrogens (primary N) is 1. The minimum Gasteiger partial charge on any atom is -0.480 e. The van der Waals surface area contributed by atoms with E-state index in [0.717, 1.165) is 0 Å². The molecule has 14 heavy (non-hydrogen) atoms. The van der Waals surface area contributed by atoms with E-state index >= 15 is 0 Å². The summed E-state index contributed by atoms with van der Waals surface area (Å²) in [5.74, 6) is -0.907. The maximum absolute atomic E-state index is 10.5. The molecule has 0 rings (SSSR count). The maximum atomic E-state index is 10.5. The van der Waals surface area contributed by atoms with E-state index in [9.17, 15) is 14.4 Å². The number of carbonyl (C=O) groups is 3. The molecule has 0 fully saturated rings. The molecule has 0 aliphatic rings. The van der Waals surface area contributed by atoms with Gasteiger partial charge in [0.1, 0.15) is 6.04 Å². The van der Waals surface area contributed by atoms with Crippen LogP contribution < -0.4 is 11.1 Å². The first kappa shape index (κ1) is 12.8. The number of carbonyl (C=O) groups excluding carboxylic acids is 2. The van der Waals surface area contributed by atoms with Gasteiger partial charge >= 0.3 is 5.97 Å². The molecule has 6 nitrogen and oxygen atoms in total. The van der Waals surface area contributed by atoms with Crippen molar-refractivity contribution in [3.8, 4) is 0 Å². The lowest BCUT2D eigenvalue weighted by Crippen LogP contribution is -2.36. The van der Waals surface area contributed by atoms with Crippen LogP contribution in [0.15, 0.2) is 0 Å². The molecule has 0 aliphatic heterocycles. The molecule has 0 spiro atoms. The van der Waals surface area contributed by atoms with Crippen LogP contribution in [-0.4, -0.2) is 40.9 Å². The number of nitrogens with one attached hydrogen (secondary N) is 1. The molecule has 4 N–H and O–H groups in total. The number of carboxylic acid groups (broad SMARTS) is 1. The van der Waals surface area contributed by atoms with E-state index in [1.165, 1.54) is 11.8 Å². The van der Waals surface area contributed by atoms with Gasteiger partial charge < -0.3 is 16.2 Å². The van der Waals surface area contributed by atoms with Crippen LogP contribution in [0.2, 0.25) is 0 Å². The van der Waals surface area contributed by atoms with Crippen molar-refractivity contribution in [1.82, 2.24) is 5.32 Å². The van der Waals surface area contributed by atoms with Gasteiger partial charge in [0.2, 0.25) is 12.3 Å². The number of aliphatic carboxylic acids is 1. The number of primary amides is 1. The zero-order valence-corrected chi connectivity index (χ0v) is 8.25. The van der Waals surface area contributed by atoms with Crippen LogP contribution >= 0.6 is 11.8 Å². The average molecular weight is 220 g/mol. The Morgan fingerprint density at radius 2 is 2.21 bits per heavy atom. The normalized spacial score (nSPS) is 11.7. The highest BCUT2D eigenvalue weighted by atomic mass is 32.2. The molecule has 0 radical (unpaired) electrons. The lowest BCUT2D eigenvalue weighted by atomic mass is 10.2. The zero-order valence-electron chi connectivity index (χ0n) is 7.43. The third-order valence-electron chi connectivity index (χ3n) is 1.36. The Labute approximate surface area is 85.2 Å². The molecular weight excluding hydrogens is 208 g/mol. The van der Waals surface area contributed by atoms with Gasteiger partial charge in [-0.15, -0.1) is 0 Å². The van der Waals surface area contributed by atoms with Gasteiger partial charge in [-0.1, -0.05) is 0 Å². The first-order valence-corrected chi connectivity index (χ1v) is 5.02. The van der Waals surface area contributed by atoms with Gasteiger partial charge in [-0.3, -0.25) is 9.59 Å². The second-order valence-corrected chi connectivity index (χ2v) is 3.59. The number of hydrogen-bond acceptors (Lipinski definition) is 4. The number of hydrogen-bond donors (Lipinski definition) is 3. The van der Waals surface area contributed by atoms with Crippen LogP contribution in [0.5, 0.6) is 0 Å². The van der Waals surface area contributed by atoms with Crippen LogP contribution in [0.4, 0.5) is 0 Å². The molecule has 0 saturated carbocycles. The van der Waals surface area contributed by atoms with Crippen molar-refractivity contribution in [1.29, 1.82) is 0 Å². The van der Waals surface area contributed by atoms with Gasteiger partial charge in [-0.25, -0.2) is 4.79 Å². The lowest BCUT2D eigenvalue weighted by Gasteiger charge is -2.09. The van der Waals surface area contributed by atoms with Crippen molar-refractivity contribution in [2.75, 3.05) is 11.5 Å². The highest BCUT2D eigenvalue weighted by molar-refractivity contribution is 7.99. The summed E-state index contributed by atoms with van der Waals surface area (Å²) in [5.41, 5.74) is 4.88. The fourth-order valence-electron chi connectivity index (χ4n) is 0.734. The predicted molar refractivity (Wildman–Crippen MR) is 51.8 cm³/mol. The van der Waals surface area contributed by atoms with Crippen LogP contribution in [0.3, 0.4) is 0 Å². The van der Waals surface area contributed by atoms with E-state index in [1.807, 2.05) is 0 Å². The second kappa shape index (κ2) is 7.19. The van der Waals surface area contributed by atoms with Crippen molar-refractivity contribution in [2.24, 2.45) is 5.73 Å². The van der Waals surface area contributed by atoms with Gasteiger partial charge in [0.25, 0.3) is 0 Å². The summed E-state index contributed by atoms with van der Waals surface area (Å²) < 4.78 is 0. The van der Waals surface area contributed by atoms with E-state index in [-0.39, 0.29) is 12.2 Å². The summed E-state index contributed by atoms with van der Waals surface area (Å²) in [6.45, 7) is 0. The Balaban J connectivity index is 3.66. The molecule has 0 bridgehead atoms. The number of amides is 2. The summed E-state index contributed by atoms with van der Waals surface area (Å²) in [6.07, 6.45) is 0.615. The monoisotopic (exact) mass is 220 g/mol. The summed E-state index contributed by atoms with van der Waals surface area (Å²) >= 11 is 1.24. The SMILES string of the molecule is NC(=O)CSCCC(NC=O)C(=O)O. The topological polar surface area (TPSA) is 109 Å². The first-order valence-electron chi connectivity index (χ1n) is 3.86. The molecule has 0 aliphatic carbocycles. The zero-order chi connectivity index (χ0) is 11.0. The van der Waals surface area contributed by atoms with Gasteiger partial charge in [-0.05, 0) is 12.2 Å². The summed E-state index contributed by atoms with van der Waals surface area (Å²) in [7, 11) is 0. The third kappa shape index (κ3) is 6.30. The fourth-order valence-corrected chi connectivity index (χ4v) is 1.48. The molecule has 0 aromatic carbocycles. The Kier molecular flexibility index (Phi) is 6.55. The summed E-state index contributed by atoms with van der Waals surface area (Å²) in [6, 6.07) is -0.895. The highest BCUT2D eigenvalue weighted by Gasteiger charge is 2.15. The maximum Gasteiger partial charge on any atom is 0.326 e. The second-order valence-electron chi connectivity index (χ2n) is 2.48. The van der Waals surface area contributed by atoms with E-state index in [2.05, 4.69) is 5.32 Å². The third-order valence-corrected chi connectivity index (χ3v) is 2.38. The van der Waals surface area contributed by atoms with Crippen LogP contribution in [0, 0.1) is 0 Å². The smallest absolute Gasteiger partial charge is 0.326 e. The summed E-state index contributed by atoms with van der Waals surface area (Å²) in [4.78, 5) is 30.8. The largest absolute Gasteiger partial charge is 0.480 e. The molecule has 0 aromatic rings. The minimum atomic E-state index is -1.09. The van der Waals surface area contributed by atoms with E-state index in [1.54, 1.807) is 0 Å². The number of rotatable bonds is 8. The molecule has 1 atom stereocenters. The molecular formula is C7H12N2O4S. The first-order chi connectivity index (χ1) is 6.57. The molecule has 0 aromatic heterocycles. The Hall–Kier alpha value is -1.24. The summed E-state index contributed by atoms with van der Waals surface area (Å²) in [5, 5.41) is 10.8. The minimum absolute atomic E-state index is 0.160. The Bertz CT molecular complexity index is 222. The molecule has 80 valence electrons. The average Bonchev–Trinajstić information content (AvgIpc) is 2.09. The van der Waals surface area contributed by atoms with Crippen LogP contribution in [0.1, 0.15) is 6.42 Å².